The van der Waals surface area contributed by atoms with Crippen molar-refractivity contribution in [3.63, 3.8) is 0 Å². The van der Waals surface area contributed by atoms with Crippen LogP contribution in [0.1, 0.15) is 37.3 Å². The van der Waals surface area contributed by atoms with E-state index in [-0.39, 0.29) is 42.3 Å². The monoisotopic (exact) mass is 496 g/mol. The van der Waals surface area contributed by atoms with Gasteiger partial charge < -0.3 is 30.6 Å². The predicted octanol–water partition coefficient (Wildman–Crippen LogP) is 2.47. The Bertz CT molecular complexity index is 1230. The lowest BCUT2D eigenvalue weighted by molar-refractivity contribution is -0.152. The van der Waals surface area contributed by atoms with Crippen LogP contribution in [-0.4, -0.2) is 60.2 Å². The summed E-state index contributed by atoms with van der Waals surface area (Å²) in [6.07, 6.45) is 1.71. The predicted molar refractivity (Wildman–Crippen MR) is 130 cm³/mol. The average molecular weight is 497 g/mol. The molecule has 2 aromatic rings. The first-order chi connectivity index (χ1) is 16.9. The first-order valence-corrected chi connectivity index (χ1v) is 11.3. The van der Waals surface area contributed by atoms with Gasteiger partial charge in [-0.05, 0) is 73.2 Å². The van der Waals surface area contributed by atoms with Gasteiger partial charge in [-0.2, -0.15) is 0 Å². The summed E-state index contributed by atoms with van der Waals surface area (Å²) >= 11 is 0. The molecule has 3 rings (SSSR count). The number of carbonyl (C=O) groups excluding carboxylic acids is 3. The molecule has 1 aliphatic rings. The number of aliphatic hydroxyl groups excluding tert-OH is 2. The summed E-state index contributed by atoms with van der Waals surface area (Å²) in [6.45, 7) is 1.22. The molecule has 2 aromatic carbocycles. The molecule has 0 aliphatic heterocycles. The van der Waals surface area contributed by atoms with Crippen molar-refractivity contribution in [3.05, 3.63) is 59.7 Å². The van der Waals surface area contributed by atoms with Gasteiger partial charge in [-0.25, -0.2) is 0 Å². The van der Waals surface area contributed by atoms with Gasteiger partial charge in [0, 0.05) is 6.42 Å². The second kappa shape index (κ2) is 10.8. The molecule has 0 amide bonds. The zero-order valence-corrected chi connectivity index (χ0v) is 19.5. The van der Waals surface area contributed by atoms with Crippen molar-refractivity contribution in [2.75, 3.05) is 0 Å². The van der Waals surface area contributed by atoms with E-state index >= 15 is 0 Å². The Morgan fingerprint density at radius 3 is 1.86 bits per heavy atom. The number of phenolic OH excluding ortho intramolecular Hbond substituents is 4. The minimum absolute atomic E-state index is 0.149. The average Bonchev–Trinajstić information content (AvgIpc) is 2.83. The molecule has 9 nitrogen and oxygen atoms in total. The number of benzene rings is 2. The number of Topliss-reactive ketones (excluding diaryl/α,β-unsaturated/α-hetero) is 1. The van der Waals surface area contributed by atoms with Crippen LogP contribution in [0.5, 0.6) is 23.0 Å². The van der Waals surface area contributed by atoms with Gasteiger partial charge in [-0.15, -0.1) is 0 Å². The molecule has 0 radical (unpaired) electrons. The highest BCUT2D eigenvalue weighted by Crippen LogP contribution is 2.43. The first-order valence-electron chi connectivity index (χ1n) is 11.3. The highest BCUT2D eigenvalue weighted by molar-refractivity contribution is 6.12. The van der Waals surface area contributed by atoms with Crippen LogP contribution in [0.25, 0.3) is 12.2 Å². The van der Waals surface area contributed by atoms with Crippen molar-refractivity contribution >= 4 is 29.5 Å². The maximum absolute atomic E-state index is 13.2. The molecule has 1 fully saturated rings. The lowest BCUT2D eigenvalue weighted by atomic mass is 9.62. The van der Waals surface area contributed by atoms with E-state index in [1.165, 1.54) is 61.5 Å². The number of aliphatic hydroxyl groups is 2. The number of phenols is 4. The maximum atomic E-state index is 13.2. The third-order valence-electron chi connectivity index (χ3n) is 6.54. The molecule has 0 saturated heterocycles. The Morgan fingerprint density at radius 1 is 0.833 bits per heavy atom. The molecule has 1 aliphatic carbocycles. The van der Waals surface area contributed by atoms with Crippen molar-refractivity contribution < 1.29 is 45.0 Å². The highest BCUT2D eigenvalue weighted by Gasteiger charge is 2.51. The molecule has 0 bridgehead atoms. The Kier molecular flexibility index (Phi) is 7.96. The van der Waals surface area contributed by atoms with E-state index in [4.69, 9.17) is 0 Å². The molecule has 0 heterocycles. The van der Waals surface area contributed by atoms with Crippen LogP contribution >= 0.6 is 0 Å². The van der Waals surface area contributed by atoms with E-state index in [1.807, 2.05) is 0 Å². The van der Waals surface area contributed by atoms with Crippen LogP contribution in [0.2, 0.25) is 0 Å². The fraction of sp³-hybridized carbons (Fsp3) is 0.296. The molecule has 9 heteroatoms. The number of hydrogen-bond donors (Lipinski definition) is 6. The topological polar surface area (TPSA) is 173 Å². The maximum Gasteiger partial charge on any atom is 0.169 e. The quantitative estimate of drug-likeness (QED) is 0.182. The van der Waals surface area contributed by atoms with Gasteiger partial charge >= 0.3 is 0 Å². The molecular weight excluding hydrogens is 468 g/mol. The van der Waals surface area contributed by atoms with Gasteiger partial charge in [0.05, 0.1) is 17.6 Å². The molecule has 6 N–H and O–H groups in total. The van der Waals surface area contributed by atoms with Gasteiger partial charge in [0.1, 0.15) is 5.78 Å². The highest BCUT2D eigenvalue weighted by atomic mass is 16.3. The summed E-state index contributed by atoms with van der Waals surface area (Å²) in [5.41, 5.74) is -0.807. The SMILES string of the molecule is CC(=O)[C@@]1(C(=O)/C=C/c2ccc(O)c(O)c2)C[C@@H](CC(=O)/C=C/c2ccc(O)c(O)c2)[C@H](O)[C@H](O)C1. The Balaban J connectivity index is 1.79. The number of allylic oxidation sites excluding steroid dienone is 2. The number of hydrogen-bond acceptors (Lipinski definition) is 9. The first kappa shape index (κ1) is 26.7. The minimum atomic E-state index is -1.65. The van der Waals surface area contributed by atoms with Crippen LogP contribution in [0.15, 0.2) is 48.6 Å². The standard InChI is InChI=1S/C27H28O9/c1-15(28)27(25(35)9-5-17-4-8-21(31)23(33)11-17)13-18(26(36)24(34)14-27)12-19(29)6-2-16-3-7-20(30)22(32)10-16/h2-11,18,24,26,30-34,36H,12-14H2,1H3/b6-2+,9-5+/t18-,24-,26+,27-/m1/s1. The van der Waals surface area contributed by atoms with Crippen LogP contribution in [-0.2, 0) is 14.4 Å². The van der Waals surface area contributed by atoms with Gasteiger partial charge in [0.15, 0.2) is 34.6 Å². The van der Waals surface area contributed by atoms with Crippen molar-refractivity contribution in [2.45, 2.75) is 38.4 Å². The normalized spacial score (nSPS) is 24.2. The lowest BCUT2D eigenvalue weighted by Gasteiger charge is -2.42. The fourth-order valence-corrected chi connectivity index (χ4v) is 4.43. The van der Waals surface area contributed by atoms with E-state index in [0.717, 1.165) is 6.08 Å². The van der Waals surface area contributed by atoms with Crippen LogP contribution < -0.4 is 0 Å². The summed E-state index contributed by atoms with van der Waals surface area (Å²) in [4.78, 5) is 38.4. The molecule has 0 unspecified atom stereocenters. The van der Waals surface area contributed by atoms with E-state index < -0.39 is 40.9 Å². The van der Waals surface area contributed by atoms with E-state index in [9.17, 15) is 45.0 Å². The van der Waals surface area contributed by atoms with E-state index in [0.29, 0.717) is 11.1 Å². The summed E-state index contributed by atoms with van der Waals surface area (Å²) in [5.74, 6) is -3.79. The van der Waals surface area contributed by atoms with Crippen molar-refractivity contribution in [2.24, 2.45) is 11.3 Å². The largest absolute Gasteiger partial charge is 0.504 e. The second-order valence-corrected chi connectivity index (χ2v) is 9.06. The van der Waals surface area contributed by atoms with Gasteiger partial charge in [0.25, 0.3) is 0 Å². The van der Waals surface area contributed by atoms with Gasteiger partial charge in [-0.3, -0.25) is 14.4 Å². The summed E-state index contributed by atoms with van der Waals surface area (Å²) in [7, 11) is 0. The lowest BCUT2D eigenvalue weighted by Crippen LogP contribution is -2.52. The van der Waals surface area contributed by atoms with Crippen molar-refractivity contribution in [3.8, 4) is 23.0 Å². The molecule has 1 saturated carbocycles. The van der Waals surface area contributed by atoms with Crippen molar-refractivity contribution in [1.82, 2.24) is 0 Å². The summed E-state index contributed by atoms with van der Waals surface area (Å²) < 4.78 is 0. The number of rotatable bonds is 8. The zero-order valence-electron chi connectivity index (χ0n) is 19.5. The van der Waals surface area contributed by atoms with Crippen molar-refractivity contribution in [1.29, 1.82) is 0 Å². The minimum Gasteiger partial charge on any atom is -0.504 e. The number of carbonyl (C=O) groups is 3. The fourth-order valence-electron chi connectivity index (χ4n) is 4.43. The third kappa shape index (κ3) is 5.81. The molecule has 0 aromatic heterocycles. The summed E-state index contributed by atoms with van der Waals surface area (Å²) in [5, 5.41) is 59.0. The Labute approximate surface area is 207 Å². The van der Waals surface area contributed by atoms with E-state index in [2.05, 4.69) is 0 Å². The molecule has 4 atom stereocenters. The smallest absolute Gasteiger partial charge is 0.169 e. The number of aromatic hydroxyl groups is 4. The Morgan fingerprint density at radius 2 is 1.36 bits per heavy atom. The zero-order chi connectivity index (χ0) is 26.6. The molecule has 190 valence electrons. The molecule has 0 spiro atoms. The number of ketones is 3. The molecular formula is C27H28O9. The third-order valence-corrected chi connectivity index (χ3v) is 6.54. The van der Waals surface area contributed by atoms with Crippen LogP contribution in [0.4, 0.5) is 0 Å². The van der Waals surface area contributed by atoms with Crippen LogP contribution in [0, 0.1) is 11.3 Å². The van der Waals surface area contributed by atoms with Gasteiger partial charge in [-0.1, -0.05) is 24.3 Å². The van der Waals surface area contributed by atoms with E-state index in [1.54, 1.807) is 0 Å². The van der Waals surface area contributed by atoms with Gasteiger partial charge in [0.2, 0.25) is 0 Å². The van der Waals surface area contributed by atoms with Crippen LogP contribution in [0.3, 0.4) is 0 Å². The Hall–Kier alpha value is -3.95. The summed E-state index contributed by atoms with van der Waals surface area (Å²) in [6, 6.07) is 7.95. The molecule has 36 heavy (non-hydrogen) atoms. The second-order valence-electron chi connectivity index (χ2n) is 9.06.